The molecule has 2 aromatic carbocycles. The van der Waals surface area contributed by atoms with Gasteiger partial charge in [0.1, 0.15) is 17.2 Å². The maximum Gasteiger partial charge on any atom is 0.175 e. The number of aromatic hydroxyl groups is 1. The second-order valence-corrected chi connectivity index (χ2v) is 7.60. The SMILES string of the molecule is CC(C)C(=O)c1cc(O)cc(Oc2ccc(S(C)(=O)=O)cc2)c1. The second-order valence-electron chi connectivity index (χ2n) is 5.58. The van der Waals surface area contributed by atoms with Gasteiger partial charge in [-0.15, -0.1) is 0 Å². The van der Waals surface area contributed by atoms with E-state index in [0.717, 1.165) is 6.26 Å². The molecule has 1 N–H and O–H groups in total. The third-order valence-corrected chi connectivity index (χ3v) is 4.32. The van der Waals surface area contributed by atoms with Gasteiger partial charge in [0.15, 0.2) is 15.6 Å². The molecule has 0 aliphatic heterocycles. The second kappa shape index (κ2) is 6.42. The van der Waals surface area contributed by atoms with Crippen LogP contribution in [0.15, 0.2) is 47.4 Å². The fraction of sp³-hybridized carbons (Fsp3) is 0.235. The zero-order chi connectivity index (χ0) is 17.2. The van der Waals surface area contributed by atoms with Crippen LogP contribution in [0.4, 0.5) is 0 Å². The Morgan fingerprint density at radius 1 is 1.04 bits per heavy atom. The summed E-state index contributed by atoms with van der Waals surface area (Å²) < 4.78 is 28.4. The summed E-state index contributed by atoms with van der Waals surface area (Å²) in [6, 6.07) is 10.2. The molecule has 0 amide bonds. The minimum atomic E-state index is -3.27. The topological polar surface area (TPSA) is 80.7 Å². The molecular formula is C17H18O5S. The van der Waals surface area contributed by atoms with Crippen LogP contribution in [-0.2, 0) is 9.84 Å². The van der Waals surface area contributed by atoms with Crippen molar-refractivity contribution in [1.29, 1.82) is 0 Å². The normalized spacial score (nSPS) is 11.5. The molecule has 0 radical (unpaired) electrons. The summed E-state index contributed by atoms with van der Waals surface area (Å²) >= 11 is 0. The molecule has 0 bridgehead atoms. The number of phenols is 1. The number of hydrogen-bond acceptors (Lipinski definition) is 5. The average molecular weight is 334 g/mol. The molecule has 0 atom stereocenters. The van der Waals surface area contributed by atoms with E-state index in [4.69, 9.17) is 4.74 Å². The van der Waals surface area contributed by atoms with Crippen molar-refractivity contribution >= 4 is 15.6 Å². The molecular weight excluding hydrogens is 316 g/mol. The number of phenolic OH excluding ortho intramolecular Hbond substituents is 1. The molecule has 5 nitrogen and oxygen atoms in total. The van der Waals surface area contributed by atoms with Crippen molar-refractivity contribution in [2.45, 2.75) is 18.7 Å². The Morgan fingerprint density at radius 3 is 2.17 bits per heavy atom. The number of ether oxygens (including phenoxy) is 1. The monoisotopic (exact) mass is 334 g/mol. The number of carbonyl (C=O) groups excluding carboxylic acids is 1. The van der Waals surface area contributed by atoms with E-state index in [1.54, 1.807) is 19.9 Å². The van der Waals surface area contributed by atoms with Gasteiger partial charge in [0.25, 0.3) is 0 Å². The Morgan fingerprint density at radius 2 is 1.65 bits per heavy atom. The molecule has 0 fully saturated rings. The summed E-state index contributed by atoms with van der Waals surface area (Å²) in [5.74, 6) is 0.350. The summed E-state index contributed by atoms with van der Waals surface area (Å²) in [4.78, 5) is 12.2. The Hall–Kier alpha value is -2.34. The number of sulfone groups is 1. The van der Waals surface area contributed by atoms with E-state index in [-0.39, 0.29) is 22.3 Å². The van der Waals surface area contributed by atoms with Gasteiger partial charge in [-0.25, -0.2) is 8.42 Å². The van der Waals surface area contributed by atoms with Gasteiger partial charge in [0.05, 0.1) is 4.90 Å². The van der Waals surface area contributed by atoms with E-state index in [0.29, 0.717) is 17.1 Å². The van der Waals surface area contributed by atoms with Crippen molar-refractivity contribution in [3.05, 3.63) is 48.0 Å². The van der Waals surface area contributed by atoms with Crippen LogP contribution in [0.2, 0.25) is 0 Å². The van der Waals surface area contributed by atoms with Gasteiger partial charge in [-0.3, -0.25) is 4.79 Å². The molecule has 0 aliphatic rings. The highest BCUT2D eigenvalue weighted by atomic mass is 32.2. The van der Waals surface area contributed by atoms with E-state index >= 15 is 0 Å². The van der Waals surface area contributed by atoms with Gasteiger partial charge in [-0.2, -0.15) is 0 Å². The summed E-state index contributed by atoms with van der Waals surface area (Å²) in [5.41, 5.74) is 0.364. The van der Waals surface area contributed by atoms with Gasteiger partial charge in [-0.1, -0.05) is 13.8 Å². The van der Waals surface area contributed by atoms with Crippen LogP contribution in [0.1, 0.15) is 24.2 Å². The van der Waals surface area contributed by atoms with Crippen molar-refractivity contribution in [3.63, 3.8) is 0 Å². The molecule has 23 heavy (non-hydrogen) atoms. The van der Waals surface area contributed by atoms with Crippen LogP contribution in [0.3, 0.4) is 0 Å². The highest BCUT2D eigenvalue weighted by Gasteiger charge is 2.13. The highest BCUT2D eigenvalue weighted by Crippen LogP contribution is 2.28. The number of carbonyl (C=O) groups is 1. The maximum absolute atomic E-state index is 12.0. The maximum atomic E-state index is 12.0. The van der Waals surface area contributed by atoms with Crippen molar-refractivity contribution in [1.82, 2.24) is 0 Å². The highest BCUT2D eigenvalue weighted by molar-refractivity contribution is 7.90. The molecule has 0 aliphatic carbocycles. The molecule has 6 heteroatoms. The van der Waals surface area contributed by atoms with Gasteiger partial charge < -0.3 is 9.84 Å². The first kappa shape index (κ1) is 17.0. The first-order valence-corrected chi connectivity index (χ1v) is 8.92. The molecule has 0 spiro atoms. The molecule has 0 heterocycles. The third-order valence-electron chi connectivity index (χ3n) is 3.19. The number of benzene rings is 2. The van der Waals surface area contributed by atoms with E-state index in [2.05, 4.69) is 0 Å². The van der Waals surface area contributed by atoms with E-state index in [1.165, 1.54) is 36.4 Å². The minimum Gasteiger partial charge on any atom is -0.508 e. The summed E-state index contributed by atoms with van der Waals surface area (Å²) in [6.45, 7) is 3.55. The van der Waals surface area contributed by atoms with E-state index < -0.39 is 9.84 Å². The van der Waals surface area contributed by atoms with Crippen LogP contribution >= 0.6 is 0 Å². The lowest BCUT2D eigenvalue weighted by molar-refractivity contribution is 0.0938. The minimum absolute atomic E-state index is 0.0701. The fourth-order valence-electron chi connectivity index (χ4n) is 2.01. The van der Waals surface area contributed by atoms with Crippen LogP contribution in [0, 0.1) is 5.92 Å². The Balaban J connectivity index is 2.28. The predicted molar refractivity (Wildman–Crippen MR) is 86.9 cm³/mol. The molecule has 2 aromatic rings. The summed E-state index contributed by atoms with van der Waals surface area (Å²) in [6.07, 6.45) is 1.13. The Bertz CT molecular complexity index is 821. The largest absolute Gasteiger partial charge is 0.508 e. The van der Waals surface area contributed by atoms with Crippen molar-refractivity contribution in [2.75, 3.05) is 6.26 Å². The standard InChI is InChI=1S/C17H18O5S/c1-11(2)17(19)12-8-13(18)10-15(9-12)22-14-4-6-16(7-5-14)23(3,20)21/h4-11,18H,1-3H3. The lowest BCUT2D eigenvalue weighted by Crippen LogP contribution is -2.07. The Labute approximate surface area is 135 Å². The van der Waals surface area contributed by atoms with Gasteiger partial charge >= 0.3 is 0 Å². The fourth-order valence-corrected chi connectivity index (χ4v) is 2.64. The van der Waals surface area contributed by atoms with Crippen LogP contribution in [0.25, 0.3) is 0 Å². The first-order valence-electron chi connectivity index (χ1n) is 7.03. The van der Waals surface area contributed by atoms with Crippen LogP contribution in [-0.4, -0.2) is 25.6 Å². The van der Waals surface area contributed by atoms with Crippen LogP contribution < -0.4 is 4.74 Å². The summed E-state index contributed by atoms with van der Waals surface area (Å²) in [5, 5.41) is 9.74. The molecule has 0 aromatic heterocycles. The van der Waals surface area contributed by atoms with E-state index in [1.807, 2.05) is 0 Å². The quantitative estimate of drug-likeness (QED) is 0.847. The molecule has 0 saturated carbocycles. The smallest absolute Gasteiger partial charge is 0.175 e. The van der Waals surface area contributed by atoms with E-state index in [9.17, 15) is 18.3 Å². The first-order chi connectivity index (χ1) is 10.7. The van der Waals surface area contributed by atoms with Crippen LogP contribution in [0.5, 0.6) is 17.2 Å². The molecule has 2 rings (SSSR count). The summed E-state index contributed by atoms with van der Waals surface area (Å²) in [7, 11) is -3.27. The lowest BCUT2D eigenvalue weighted by Gasteiger charge is -2.10. The molecule has 0 saturated heterocycles. The number of hydrogen-bond donors (Lipinski definition) is 1. The average Bonchev–Trinajstić information content (AvgIpc) is 2.45. The Kier molecular flexibility index (Phi) is 4.75. The van der Waals surface area contributed by atoms with Crippen molar-refractivity contribution < 1.29 is 23.1 Å². The predicted octanol–water partition coefficient (Wildman–Crippen LogP) is 3.43. The molecule has 0 unspecified atom stereocenters. The van der Waals surface area contributed by atoms with Gasteiger partial charge in [-0.05, 0) is 36.4 Å². The zero-order valence-corrected chi connectivity index (χ0v) is 13.9. The number of rotatable bonds is 5. The van der Waals surface area contributed by atoms with Crippen molar-refractivity contribution in [2.24, 2.45) is 5.92 Å². The molecule has 122 valence electrons. The zero-order valence-electron chi connectivity index (χ0n) is 13.1. The van der Waals surface area contributed by atoms with Gasteiger partial charge in [0.2, 0.25) is 0 Å². The lowest BCUT2D eigenvalue weighted by atomic mass is 10.0. The number of ketones is 1. The number of Topliss-reactive ketones (excluding diaryl/α,β-unsaturated/α-hetero) is 1. The van der Waals surface area contributed by atoms with Crippen molar-refractivity contribution in [3.8, 4) is 17.2 Å². The third kappa shape index (κ3) is 4.32. The van der Waals surface area contributed by atoms with Gasteiger partial charge in [0, 0.05) is 23.8 Å².